The number of quaternary nitrogens is 1. The second kappa shape index (κ2) is 9.22. The van der Waals surface area contributed by atoms with E-state index < -0.39 is 5.97 Å². The summed E-state index contributed by atoms with van der Waals surface area (Å²) in [7, 11) is 5.07. The maximum atomic E-state index is 13.3. The molecule has 1 aliphatic rings. The molecule has 1 aromatic carbocycles. The van der Waals surface area contributed by atoms with Gasteiger partial charge < -0.3 is 19.3 Å². The molecule has 0 spiro atoms. The fourth-order valence-electron chi connectivity index (χ4n) is 4.06. The van der Waals surface area contributed by atoms with E-state index in [1.165, 1.54) is 13.5 Å². The summed E-state index contributed by atoms with van der Waals surface area (Å²) in [6, 6.07) is 3.30. The third-order valence-corrected chi connectivity index (χ3v) is 5.65. The summed E-state index contributed by atoms with van der Waals surface area (Å²) in [6.07, 6.45) is 5.30. The SMILES string of the molecule is CCCC(C(=O)Nc1c(C)cc(OC)cc1C(=O)OC)[N+]1(C)CCCCC1. The predicted molar refractivity (Wildman–Crippen MR) is 106 cm³/mol. The van der Waals surface area contributed by atoms with Gasteiger partial charge in [0.05, 0.1) is 45.6 Å². The second-order valence-corrected chi connectivity index (χ2v) is 7.64. The Morgan fingerprint density at radius 1 is 1.19 bits per heavy atom. The number of likely N-dealkylation sites (tertiary alicyclic amines) is 1. The number of hydrogen-bond donors (Lipinski definition) is 1. The number of anilines is 1. The van der Waals surface area contributed by atoms with Crippen molar-refractivity contribution in [3.8, 4) is 5.75 Å². The molecule has 1 amide bonds. The van der Waals surface area contributed by atoms with Crippen molar-refractivity contribution < 1.29 is 23.5 Å². The van der Waals surface area contributed by atoms with Gasteiger partial charge in [0.25, 0.3) is 5.91 Å². The van der Waals surface area contributed by atoms with E-state index in [0.29, 0.717) is 17.0 Å². The van der Waals surface area contributed by atoms with Crippen molar-refractivity contribution >= 4 is 17.6 Å². The monoisotopic (exact) mass is 377 g/mol. The molecule has 1 fully saturated rings. The number of carbonyl (C=O) groups is 2. The lowest BCUT2D eigenvalue weighted by molar-refractivity contribution is -0.929. The Morgan fingerprint density at radius 3 is 2.41 bits per heavy atom. The van der Waals surface area contributed by atoms with Gasteiger partial charge in [-0.2, -0.15) is 0 Å². The van der Waals surface area contributed by atoms with Crippen molar-refractivity contribution in [1.82, 2.24) is 0 Å². The van der Waals surface area contributed by atoms with Crippen LogP contribution in [-0.2, 0) is 9.53 Å². The fraction of sp³-hybridized carbons (Fsp3) is 0.619. The highest BCUT2D eigenvalue weighted by atomic mass is 16.5. The molecule has 1 unspecified atom stereocenters. The third-order valence-electron chi connectivity index (χ3n) is 5.65. The summed E-state index contributed by atoms with van der Waals surface area (Å²) in [5, 5.41) is 3.04. The third kappa shape index (κ3) is 4.80. The van der Waals surface area contributed by atoms with E-state index in [2.05, 4.69) is 19.3 Å². The highest BCUT2D eigenvalue weighted by Gasteiger charge is 2.39. The number of ether oxygens (including phenoxy) is 2. The van der Waals surface area contributed by atoms with Crippen LogP contribution in [0.3, 0.4) is 0 Å². The van der Waals surface area contributed by atoms with E-state index >= 15 is 0 Å². The van der Waals surface area contributed by atoms with Gasteiger partial charge in [0.2, 0.25) is 0 Å². The van der Waals surface area contributed by atoms with Crippen molar-refractivity contribution in [2.45, 2.75) is 52.0 Å². The predicted octanol–water partition coefficient (Wildman–Crippen LogP) is 3.53. The van der Waals surface area contributed by atoms with E-state index in [1.807, 2.05) is 13.0 Å². The highest BCUT2D eigenvalue weighted by molar-refractivity contribution is 6.03. The summed E-state index contributed by atoms with van der Waals surface area (Å²) in [5.41, 5.74) is 1.61. The van der Waals surface area contributed by atoms with Gasteiger partial charge in [-0.25, -0.2) is 4.79 Å². The molecule has 1 saturated heterocycles. The molecular formula is C21H33N2O4+. The van der Waals surface area contributed by atoms with Gasteiger partial charge in [-0.3, -0.25) is 4.79 Å². The molecule has 6 heteroatoms. The molecule has 0 saturated carbocycles. The number of rotatable bonds is 7. The molecule has 2 rings (SSSR count). The summed E-state index contributed by atoms with van der Waals surface area (Å²) < 4.78 is 10.9. The summed E-state index contributed by atoms with van der Waals surface area (Å²) in [5.74, 6) is 0.0448. The maximum absolute atomic E-state index is 13.3. The Balaban J connectivity index is 2.35. The molecule has 0 aliphatic carbocycles. The Kier molecular flexibility index (Phi) is 7.25. The molecule has 1 heterocycles. The van der Waals surface area contributed by atoms with Gasteiger partial charge in [0.15, 0.2) is 6.04 Å². The molecule has 1 N–H and O–H groups in total. The number of piperidine rings is 1. The van der Waals surface area contributed by atoms with Crippen molar-refractivity contribution in [2.24, 2.45) is 0 Å². The summed E-state index contributed by atoms with van der Waals surface area (Å²) >= 11 is 0. The molecular weight excluding hydrogens is 344 g/mol. The smallest absolute Gasteiger partial charge is 0.340 e. The van der Waals surface area contributed by atoms with Crippen molar-refractivity contribution in [3.63, 3.8) is 0 Å². The minimum atomic E-state index is -0.488. The van der Waals surface area contributed by atoms with Crippen molar-refractivity contribution in [1.29, 1.82) is 0 Å². The second-order valence-electron chi connectivity index (χ2n) is 7.64. The van der Waals surface area contributed by atoms with Crippen LogP contribution in [0.4, 0.5) is 5.69 Å². The fourth-order valence-corrected chi connectivity index (χ4v) is 4.06. The molecule has 6 nitrogen and oxygen atoms in total. The molecule has 0 radical (unpaired) electrons. The minimum absolute atomic E-state index is 0.0281. The first-order valence-electron chi connectivity index (χ1n) is 9.78. The first-order valence-corrected chi connectivity index (χ1v) is 9.78. The van der Waals surface area contributed by atoms with E-state index in [-0.39, 0.29) is 11.9 Å². The maximum Gasteiger partial charge on any atom is 0.340 e. The zero-order valence-electron chi connectivity index (χ0n) is 17.3. The number of aryl methyl sites for hydroxylation is 1. The average molecular weight is 378 g/mol. The molecule has 0 aromatic heterocycles. The van der Waals surface area contributed by atoms with Gasteiger partial charge in [-0.15, -0.1) is 0 Å². The first kappa shape index (κ1) is 21.2. The molecule has 0 bridgehead atoms. The van der Waals surface area contributed by atoms with Crippen LogP contribution in [0.5, 0.6) is 5.75 Å². The number of benzene rings is 1. The summed E-state index contributed by atoms with van der Waals surface area (Å²) in [6.45, 7) is 6.00. The molecule has 1 aromatic rings. The molecule has 1 aliphatic heterocycles. The van der Waals surface area contributed by atoms with Crippen molar-refractivity contribution in [3.05, 3.63) is 23.3 Å². The van der Waals surface area contributed by atoms with Crippen molar-refractivity contribution in [2.75, 3.05) is 39.7 Å². The zero-order valence-corrected chi connectivity index (χ0v) is 17.3. The van der Waals surface area contributed by atoms with Crippen LogP contribution in [0, 0.1) is 6.92 Å². The van der Waals surface area contributed by atoms with Gasteiger partial charge in [0, 0.05) is 6.42 Å². The van der Waals surface area contributed by atoms with E-state index in [9.17, 15) is 9.59 Å². The standard InChI is InChI=1S/C21H32N2O4/c1-6-10-18(23(3)11-8-7-9-12-23)20(24)22-19-15(2)13-16(26-4)14-17(19)21(25)27-5/h13-14,18H,6-12H2,1-5H3/p+1. The number of carbonyl (C=O) groups excluding carboxylic acids is 2. The van der Waals surface area contributed by atoms with Gasteiger partial charge in [0.1, 0.15) is 5.75 Å². The highest BCUT2D eigenvalue weighted by Crippen LogP contribution is 2.30. The number of esters is 1. The lowest BCUT2D eigenvalue weighted by Crippen LogP contribution is -2.59. The van der Waals surface area contributed by atoms with Crippen LogP contribution in [0.2, 0.25) is 0 Å². The van der Waals surface area contributed by atoms with Gasteiger partial charge >= 0.3 is 5.97 Å². The van der Waals surface area contributed by atoms with Crippen LogP contribution >= 0.6 is 0 Å². The van der Waals surface area contributed by atoms with Crippen LogP contribution in [0.25, 0.3) is 0 Å². The summed E-state index contributed by atoms with van der Waals surface area (Å²) in [4.78, 5) is 25.5. The Morgan fingerprint density at radius 2 is 1.85 bits per heavy atom. The number of hydrogen-bond acceptors (Lipinski definition) is 4. The molecule has 1 atom stereocenters. The Hall–Kier alpha value is -2.08. The zero-order chi connectivity index (χ0) is 20.0. The van der Waals surface area contributed by atoms with E-state index in [1.54, 1.807) is 13.2 Å². The Bertz CT molecular complexity index is 681. The van der Waals surface area contributed by atoms with E-state index in [4.69, 9.17) is 9.47 Å². The molecule has 27 heavy (non-hydrogen) atoms. The van der Waals surface area contributed by atoms with Gasteiger partial charge in [-0.05, 0) is 50.3 Å². The quantitative estimate of drug-likeness (QED) is 0.583. The lowest BCUT2D eigenvalue weighted by Gasteiger charge is -2.43. The van der Waals surface area contributed by atoms with Crippen LogP contribution in [-0.4, -0.2) is 56.8 Å². The minimum Gasteiger partial charge on any atom is -0.497 e. The number of amides is 1. The topological polar surface area (TPSA) is 64.6 Å². The van der Waals surface area contributed by atoms with Crippen LogP contribution in [0.1, 0.15) is 54.9 Å². The lowest BCUT2D eigenvalue weighted by atomic mass is 10.00. The normalized spacial score (nSPS) is 17.1. The number of nitrogens with zero attached hydrogens (tertiary/aromatic N) is 1. The molecule has 150 valence electrons. The Labute approximate surface area is 162 Å². The van der Waals surface area contributed by atoms with Gasteiger partial charge in [-0.1, -0.05) is 6.92 Å². The first-order chi connectivity index (χ1) is 12.9. The van der Waals surface area contributed by atoms with E-state index in [0.717, 1.165) is 48.8 Å². The number of nitrogens with one attached hydrogen (secondary N) is 1. The van der Waals surface area contributed by atoms with Crippen LogP contribution in [0.15, 0.2) is 12.1 Å². The van der Waals surface area contributed by atoms with Crippen LogP contribution < -0.4 is 10.1 Å². The average Bonchev–Trinajstić information content (AvgIpc) is 2.67. The largest absolute Gasteiger partial charge is 0.497 e. The number of likely N-dealkylation sites (N-methyl/N-ethyl adjacent to an activating group) is 1. The number of methoxy groups -OCH3 is 2.